The molecule has 0 aliphatic rings. The van der Waals surface area contributed by atoms with Crippen LogP contribution < -0.4 is 14.4 Å². The SMILES string of the molecule is CCN(CC)CCN(C(=O)Cc1ccc(OC)cc1)c1nc2c(OC)ccc(C)c2s1.Cl. The Morgan fingerprint density at radius 1 is 1.00 bits per heavy atom. The van der Waals surface area contributed by atoms with Crippen molar-refractivity contribution in [2.75, 3.05) is 45.3 Å². The molecule has 2 aromatic carbocycles. The number of methoxy groups -OCH3 is 2. The highest BCUT2D eigenvalue weighted by molar-refractivity contribution is 7.22. The summed E-state index contributed by atoms with van der Waals surface area (Å²) in [6.45, 7) is 9.62. The molecule has 174 valence electrons. The number of aryl methyl sites for hydroxylation is 1. The third-order valence-corrected chi connectivity index (χ3v) is 6.71. The Morgan fingerprint density at radius 3 is 2.28 bits per heavy atom. The van der Waals surface area contributed by atoms with E-state index in [1.165, 1.54) is 0 Å². The highest BCUT2D eigenvalue weighted by atomic mass is 35.5. The molecule has 32 heavy (non-hydrogen) atoms. The number of rotatable bonds is 10. The number of carbonyl (C=O) groups is 1. The number of aromatic nitrogens is 1. The van der Waals surface area contributed by atoms with Gasteiger partial charge in [0.1, 0.15) is 17.0 Å². The fourth-order valence-electron chi connectivity index (χ4n) is 3.50. The summed E-state index contributed by atoms with van der Waals surface area (Å²) in [7, 11) is 3.29. The summed E-state index contributed by atoms with van der Waals surface area (Å²) in [5.74, 6) is 1.55. The molecule has 3 rings (SSSR count). The van der Waals surface area contributed by atoms with Gasteiger partial charge in [-0.3, -0.25) is 9.69 Å². The maximum Gasteiger partial charge on any atom is 0.233 e. The van der Waals surface area contributed by atoms with Crippen molar-refractivity contribution in [3.63, 3.8) is 0 Å². The number of thiazole rings is 1. The molecule has 0 fully saturated rings. The first-order valence-electron chi connectivity index (χ1n) is 10.6. The van der Waals surface area contributed by atoms with Crippen LogP contribution in [0.4, 0.5) is 5.13 Å². The van der Waals surface area contributed by atoms with Crippen LogP contribution in [-0.4, -0.2) is 56.2 Å². The minimum Gasteiger partial charge on any atom is -0.497 e. The Bertz CT molecular complexity index is 1020. The fraction of sp³-hybridized carbons (Fsp3) is 0.417. The number of hydrogen-bond donors (Lipinski definition) is 0. The lowest BCUT2D eigenvalue weighted by molar-refractivity contribution is -0.118. The van der Waals surface area contributed by atoms with Gasteiger partial charge in [-0.1, -0.05) is 43.4 Å². The van der Waals surface area contributed by atoms with Crippen LogP contribution in [0.25, 0.3) is 10.2 Å². The van der Waals surface area contributed by atoms with E-state index in [2.05, 4.69) is 25.7 Å². The summed E-state index contributed by atoms with van der Waals surface area (Å²) in [6, 6.07) is 11.6. The average molecular weight is 478 g/mol. The number of nitrogens with zero attached hydrogens (tertiary/aromatic N) is 3. The van der Waals surface area contributed by atoms with Crippen molar-refractivity contribution in [3.05, 3.63) is 47.5 Å². The van der Waals surface area contributed by atoms with Crippen molar-refractivity contribution in [1.29, 1.82) is 0 Å². The molecule has 0 unspecified atom stereocenters. The first-order chi connectivity index (χ1) is 15.0. The molecule has 0 aliphatic carbocycles. The lowest BCUT2D eigenvalue weighted by Gasteiger charge is -2.24. The van der Waals surface area contributed by atoms with E-state index in [0.717, 1.165) is 52.5 Å². The number of anilines is 1. The molecule has 1 heterocycles. The number of benzene rings is 2. The van der Waals surface area contributed by atoms with E-state index in [-0.39, 0.29) is 18.3 Å². The normalized spacial score (nSPS) is 10.8. The Balaban J connectivity index is 0.00000363. The van der Waals surface area contributed by atoms with Crippen LogP contribution in [0, 0.1) is 6.92 Å². The highest BCUT2D eigenvalue weighted by Crippen LogP contribution is 2.36. The predicted octanol–water partition coefficient (Wildman–Crippen LogP) is 4.96. The monoisotopic (exact) mass is 477 g/mol. The zero-order valence-corrected chi connectivity index (χ0v) is 21.0. The van der Waals surface area contributed by atoms with Crippen LogP contribution in [0.2, 0.25) is 0 Å². The van der Waals surface area contributed by atoms with E-state index >= 15 is 0 Å². The second kappa shape index (κ2) is 12.0. The number of carbonyl (C=O) groups excluding carboxylic acids is 1. The smallest absolute Gasteiger partial charge is 0.233 e. The average Bonchev–Trinajstić information content (AvgIpc) is 3.23. The Kier molecular flexibility index (Phi) is 9.75. The zero-order chi connectivity index (χ0) is 22.4. The van der Waals surface area contributed by atoms with Gasteiger partial charge in [0, 0.05) is 13.1 Å². The van der Waals surface area contributed by atoms with Gasteiger partial charge >= 0.3 is 0 Å². The molecule has 0 aliphatic heterocycles. The van der Waals surface area contributed by atoms with Gasteiger partial charge in [0.25, 0.3) is 0 Å². The molecule has 0 atom stereocenters. The quantitative estimate of drug-likeness (QED) is 0.413. The Labute approximate surface area is 200 Å². The molecule has 0 saturated carbocycles. The molecular formula is C24H32ClN3O3S. The van der Waals surface area contributed by atoms with Crippen molar-refractivity contribution < 1.29 is 14.3 Å². The molecule has 0 spiro atoms. The molecule has 0 saturated heterocycles. The topological polar surface area (TPSA) is 54.9 Å². The zero-order valence-electron chi connectivity index (χ0n) is 19.4. The largest absolute Gasteiger partial charge is 0.497 e. The molecule has 6 nitrogen and oxygen atoms in total. The van der Waals surface area contributed by atoms with Gasteiger partial charge in [0.2, 0.25) is 5.91 Å². The molecule has 0 bridgehead atoms. The minimum absolute atomic E-state index is 0. The summed E-state index contributed by atoms with van der Waals surface area (Å²) in [6.07, 6.45) is 0.314. The molecule has 3 aromatic rings. The molecule has 1 amide bonds. The van der Waals surface area contributed by atoms with Crippen molar-refractivity contribution in [3.8, 4) is 11.5 Å². The molecule has 0 radical (unpaired) electrons. The number of likely N-dealkylation sites (N-methyl/N-ethyl adjacent to an activating group) is 1. The first-order valence-corrected chi connectivity index (χ1v) is 11.4. The molecule has 1 aromatic heterocycles. The van der Waals surface area contributed by atoms with Crippen molar-refractivity contribution in [2.45, 2.75) is 27.2 Å². The third kappa shape index (κ3) is 5.91. The van der Waals surface area contributed by atoms with Gasteiger partial charge < -0.3 is 14.4 Å². The van der Waals surface area contributed by atoms with Crippen LogP contribution in [0.3, 0.4) is 0 Å². The van der Waals surface area contributed by atoms with Crippen LogP contribution in [0.5, 0.6) is 11.5 Å². The van der Waals surface area contributed by atoms with Crippen molar-refractivity contribution in [1.82, 2.24) is 9.88 Å². The summed E-state index contributed by atoms with van der Waals surface area (Å²) in [5, 5.41) is 0.716. The van der Waals surface area contributed by atoms with Crippen LogP contribution >= 0.6 is 23.7 Å². The standard InChI is InChI=1S/C24H31N3O3S.ClH/c1-6-26(7-2)14-15-27(21(28)16-18-9-11-19(29-4)12-10-18)24-25-22-20(30-5)13-8-17(3)23(22)31-24;/h8-13H,6-7,14-16H2,1-5H3;1H. The van der Waals surface area contributed by atoms with Crippen molar-refractivity contribution in [2.24, 2.45) is 0 Å². The number of hydrogen-bond acceptors (Lipinski definition) is 6. The maximum atomic E-state index is 13.4. The second-order valence-electron chi connectivity index (χ2n) is 7.36. The highest BCUT2D eigenvalue weighted by Gasteiger charge is 2.22. The number of fused-ring (bicyclic) bond motifs is 1. The van der Waals surface area contributed by atoms with Gasteiger partial charge in [-0.2, -0.15) is 0 Å². The van der Waals surface area contributed by atoms with E-state index in [1.807, 2.05) is 41.3 Å². The summed E-state index contributed by atoms with van der Waals surface area (Å²) in [5.41, 5.74) is 2.90. The van der Waals surface area contributed by atoms with Crippen LogP contribution in [-0.2, 0) is 11.2 Å². The van der Waals surface area contributed by atoms with Gasteiger partial charge in [0.15, 0.2) is 5.13 Å². The summed E-state index contributed by atoms with van der Waals surface area (Å²) >= 11 is 1.55. The van der Waals surface area contributed by atoms with Gasteiger partial charge in [-0.15, -0.1) is 12.4 Å². The molecule has 0 N–H and O–H groups in total. The first kappa shape index (κ1) is 25.9. The summed E-state index contributed by atoms with van der Waals surface area (Å²) < 4.78 is 11.8. The molecular weight excluding hydrogens is 446 g/mol. The van der Waals surface area contributed by atoms with E-state index < -0.39 is 0 Å². The number of halogens is 1. The predicted molar refractivity (Wildman–Crippen MR) is 135 cm³/mol. The van der Waals surface area contributed by atoms with Gasteiger partial charge in [-0.05, 0) is 49.3 Å². The number of amides is 1. The summed E-state index contributed by atoms with van der Waals surface area (Å²) in [4.78, 5) is 22.3. The lowest BCUT2D eigenvalue weighted by Crippen LogP contribution is -2.39. The van der Waals surface area contributed by atoms with Gasteiger partial charge in [0.05, 0.1) is 25.3 Å². The lowest BCUT2D eigenvalue weighted by atomic mass is 10.1. The molecule has 8 heteroatoms. The Hall–Kier alpha value is -2.35. The van der Waals surface area contributed by atoms with Gasteiger partial charge in [-0.25, -0.2) is 4.98 Å². The fourth-order valence-corrected chi connectivity index (χ4v) is 4.60. The third-order valence-electron chi connectivity index (χ3n) is 5.49. The number of ether oxygens (including phenoxy) is 2. The van der Waals surface area contributed by atoms with E-state index in [1.54, 1.807) is 25.6 Å². The van der Waals surface area contributed by atoms with E-state index in [9.17, 15) is 4.79 Å². The maximum absolute atomic E-state index is 13.4. The van der Waals surface area contributed by atoms with Crippen LogP contribution in [0.15, 0.2) is 36.4 Å². The van der Waals surface area contributed by atoms with Crippen molar-refractivity contribution >= 4 is 45.0 Å². The second-order valence-corrected chi connectivity index (χ2v) is 8.33. The van der Waals surface area contributed by atoms with Crippen LogP contribution in [0.1, 0.15) is 25.0 Å². The Morgan fingerprint density at radius 2 is 1.69 bits per heavy atom. The minimum atomic E-state index is 0. The van der Waals surface area contributed by atoms with E-state index in [4.69, 9.17) is 14.5 Å². The van der Waals surface area contributed by atoms with E-state index in [0.29, 0.717) is 18.1 Å².